The van der Waals surface area contributed by atoms with Crippen LogP contribution in [0.25, 0.3) is 0 Å². The molecule has 0 saturated heterocycles. The molecule has 0 aliphatic heterocycles. The molecule has 2 nitrogen and oxygen atoms in total. The molecule has 0 heterocycles. The number of carbonyl (C=O) groups is 1. The standard InChI is InChI=1S/C9H9O2.BF3.K/c1-11-9-4-2-3-8(7-9)5-6-10;2-1(3)4;/h2-4,7H,5H2,1H3;;. The van der Waals surface area contributed by atoms with Crippen LogP contribution in [0.3, 0.4) is 0 Å². The number of carbonyl (C=O) groups excluding carboxylic acids is 1. The first-order valence-corrected chi connectivity index (χ1v) is 6.06. The Bertz CT molecular complexity index is 334. The van der Waals surface area contributed by atoms with Gasteiger partial charge in [-0.15, -0.1) is 0 Å². The van der Waals surface area contributed by atoms with Crippen LogP contribution in [0.4, 0.5) is 12.9 Å². The molecule has 0 aliphatic carbocycles. The second-order valence-electron chi connectivity index (χ2n) is 2.98. The van der Waals surface area contributed by atoms with Gasteiger partial charge in [0.2, 0.25) is 0 Å². The molecule has 0 radical (unpaired) electrons. The number of halogens is 3. The summed E-state index contributed by atoms with van der Waals surface area (Å²) in [4.78, 5) is 10.9. The van der Waals surface area contributed by atoms with Crippen molar-refractivity contribution in [1.82, 2.24) is 0 Å². The minimum absolute atomic E-state index is 0.288. The van der Waals surface area contributed by atoms with E-state index in [1.165, 1.54) is 0 Å². The quantitative estimate of drug-likeness (QED) is 0.771. The van der Waals surface area contributed by atoms with Gasteiger partial charge < -0.3 is 0 Å². The Balaban J connectivity index is 0.000000487. The Labute approximate surface area is 126 Å². The van der Waals surface area contributed by atoms with Crippen molar-refractivity contribution in [3.63, 3.8) is 0 Å². The van der Waals surface area contributed by atoms with Gasteiger partial charge in [-0.3, -0.25) is 12.9 Å². The monoisotopic (exact) mass is 256 g/mol. The molecule has 1 aromatic rings. The zero-order valence-electron chi connectivity index (χ0n) is 9.04. The molecule has 82 valence electrons. The van der Waals surface area contributed by atoms with Crippen LogP contribution in [-0.4, -0.2) is 63.5 Å². The van der Waals surface area contributed by atoms with E-state index < -0.39 is 7.54 Å². The Kier molecular flexibility index (Phi) is 9.34. The number of hydrogen-bond donors (Lipinski definition) is 0. The van der Waals surface area contributed by atoms with E-state index >= 15 is 0 Å². The van der Waals surface area contributed by atoms with Crippen molar-refractivity contribution in [1.29, 1.82) is 0 Å². The smallest absolute Gasteiger partial charge is 0.254 e. The van der Waals surface area contributed by atoms with E-state index in [1.54, 1.807) is 7.11 Å². The average molecular weight is 256 g/mol. The Morgan fingerprint density at radius 2 is 2.00 bits per heavy atom. The van der Waals surface area contributed by atoms with Crippen molar-refractivity contribution in [3.05, 3.63) is 29.8 Å². The summed E-state index contributed by atoms with van der Waals surface area (Å²) in [6.07, 6.45) is 0.567. The minimum Gasteiger partial charge on any atom is -0.254 e. The first-order valence-electron chi connectivity index (χ1n) is 4.50. The van der Waals surface area contributed by atoms with E-state index in [4.69, 9.17) is 4.74 Å². The number of benzene rings is 1. The second-order valence-corrected chi connectivity index (χ2v) is 4.72. The molecule has 1 aromatic carbocycles. The maximum Gasteiger partial charge on any atom is 0.762 e. The number of ether oxygens (including phenoxy) is 1. The van der Waals surface area contributed by atoms with Gasteiger partial charge in [-0.25, -0.2) is 0 Å². The van der Waals surface area contributed by atoms with Gasteiger partial charge in [0, 0.05) is 0 Å². The van der Waals surface area contributed by atoms with Crippen molar-refractivity contribution < 1.29 is 22.5 Å². The van der Waals surface area contributed by atoms with Crippen LogP contribution in [0.15, 0.2) is 24.3 Å². The van der Waals surface area contributed by atoms with E-state index in [-0.39, 0.29) is 49.0 Å². The summed E-state index contributed by atoms with van der Waals surface area (Å²) in [5.41, 5.74) is 1.05. The molecule has 16 heavy (non-hydrogen) atoms. The maximum atomic E-state index is 10.9. The number of hydrogen-bond acceptors (Lipinski definition) is 2. The molecule has 0 saturated carbocycles. The molecule has 0 amide bonds. The van der Waals surface area contributed by atoms with Crippen molar-refractivity contribution in [2.24, 2.45) is 0 Å². The van der Waals surface area contributed by atoms with Gasteiger partial charge in [0.15, 0.2) is 0 Å². The first kappa shape index (κ1) is 16.2. The normalized spacial score (nSPS) is 8.88. The van der Waals surface area contributed by atoms with Gasteiger partial charge in [0.05, 0.1) is 0 Å². The van der Waals surface area contributed by atoms with E-state index in [9.17, 15) is 17.7 Å². The SMILES string of the molecule is COc1cccc(C[C](=O)[K])c1.FB(F)F. The number of methoxy groups -OCH3 is 1. The third-order valence-corrected chi connectivity index (χ3v) is 2.14. The largest absolute Gasteiger partial charge is 0.762 e. The first-order chi connectivity index (χ1) is 7.45. The molecule has 0 N–H and O–H groups in total. The summed E-state index contributed by atoms with van der Waals surface area (Å²) in [5.74, 6) is 0.821. The Morgan fingerprint density at radius 3 is 2.44 bits per heavy atom. The molecular formula is C9H9BF3KO2. The predicted octanol–water partition coefficient (Wildman–Crippen LogP) is 1.81. The average Bonchev–Trinajstić information content (AvgIpc) is 2.16. The zero-order valence-corrected chi connectivity index (χ0v) is 12.2. The van der Waals surface area contributed by atoms with Crippen molar-refractivity contribution in [2.75, 3.05) is 7.11 Å². The van der Waals surface area contributed by atoms with Crippen molar-refractivity contribution >= 4 is 56.4 Å². The molecule has 0 unspecified atom stereocenters. The zero-order chi connectivity index (χ0) is 12.6. The summed E-state index contributed by atoms with van der Waals surface area (Å²) in [5, 5.41) is 0. The van der Waals surface area contributed by atoms with Gasteiger partial charge >= 0.3 is 115 Å². The summed E-state index contributed by atoms with van der Waals surface area (Å²) >= 11 is 0.288. The molecular weight excluding hydrogens is 247 g/mol. The third kappa shape index (κ3) is 9.41. The van der Waals surface area contributed by atoms with E-state index in [0.29, 0.717) is 6.30 Å². The third-order valence-electron chi connectivity index (χ3n) is 1.59. The molecule has 1 rings (SSSR count). The van der Waals surface area contributed by atoms with Crippen LogP contribution < -0.4 is 4.74 Å². The topological polar surface area (TPSA) is 26.3 Å². The maximum absolute atomic E-state index is 10.9. The van der Waals surface area contributed by atoms with Gasteiger partial charge in [-0.2, -0.15) is 0 Å². The molecule has 0 bridgehead atoms. The Morgan fingerprint density at radius 1 is 1.44 bits per heavy atom. The predicted molar refractivity (Wildman–Crippen MR) is 56.5 cm³/mol. The molecule has 0 fully saturated rings. The summed E-state index contributed by atoms with van der Waals surface area (Å²) in [6, 6.07) is 7.64. The molecule has 0 spiro atoms. The molecule has 0 aromatic heterocycles. The van der Waals surface area contributed by atoms with Gasteiger partial charge in [0.1, 0.15) is 0 Å². The fraction of sp³-hybridized carbons (Fsp3) is 0.222. The van der Waals surface area contributed by atoms with Crippen LogP contribution in [0.2, 0.25) is 0 Å². The van der Waals surface area contributed by atoms with Crippen LogP contribution >= 0.6 is 0 Å². The fourth-order valence-corrected chi connectivity index (χ4v) is 1.71. The summed E-state index contributed by atoms with van der Waals surface area (Å²) in [6.45, 7) is 0. The van der Waals surface area contributed by atoms with Crippen LogP contribution in [0, 0.1) is 0 Å². The van der Waals surface area contributed by atoms with Gasteiger partial charge in [-0.05, 0) is 0 Å². The molecule has 0 atom stereocenters. The molecule has 7 heteroatoms. The van der Waals surface area contributed by atoms with E-state index in [1.807, 2.05) is 24.3 Å². The van der Waals surface area contributed by atoms with E-state index in [2.05, 4.69) is 0 Å². The van der Waals surface area contributed by atoms with Crippen LogP contribution in [0.1, 0.15) is 5.56 Å². The molecule has 0 aliphatic rings. The minimum atomic E-state index is -3.67. The Hall–Kier alpha value is 0.181. The van der Waals surface area contributed by atoms with E-state index in [0.717, 1.165) is 11.3 Å². The van der Waals surface area contributed by atoms with Gasteiger partial charge in [-0.1, -0.05) is 0 Å². The summed E-state index contributed by atoms with van der Waals surface area (Å²) < 4.78 is 34.4. The fourth-order valence-electron chi connectivity index (χ4n) is 1.07. The summed E-state index contributed by atoms with van der Waals surface area (Å²) in [7, 11) is -2.04. The number of rotatable bonds is 3. The van der Waals surface area contributed by atoms with Crippen LogP contribution in [-0.2, 0) is 11.2 Å². The van der Waals surface area contributed by atoms with Gasteiger partial charge in [0.25, 0.3) is 0 Å². The van der Waals surface area contributed by atoms with Crippen molar-refractivity contribution in [3.8, 4) is 5.75 Å². The van der Waals surface area contributed by atoms with Crippen molar-refractivity contribution in [2.45, 2.75) is 6.42 Å². The van der Waals surface area contributed by atoms with Crippen LogP contribution in [0.5, 0.6) is 5.75 Å². The second kappa shape index (κ2) is 9.24.